The van der Waals surface area contributed by atoms with Crippen LogP contribution in [0.5, 0.6) is 17.2 Å². The highest BCUT2D eigenvalue weighted by molar-refractivity contribution is 5.92. The number of allylic oxidation sites excluding steroid dienone is 5. The number of hydrogen-bond donors (Lipinski definition) is 9. The Hall–Kier alpha value is -5.54. The number of aryl methyl sites for hydroxylation is 1. The van der Waals surface area contributed by atoms with Crippen molar-refractivity contribution in [2.75, 3.05) is 26.3 Å². The molecule has 4 aliphatic heterocycles. The molecule has 6 aliphatic rings. The molecule has 1 aromatic heterocycles. The zero-order valence-electron chi connectivity index (χ0n) is 35.3. The molecule has 8 atom stereocenters. The highest BCUT2D eigenvalue weighted by Gasteiger charge is 2.58. The van der Waals surface area contributed by atoms with Crippen LogP contribution in [-0.4, -0.2) is 75.7 Å². The van der Waals surface area contributed by atoms with Crippen LogP contribution < -0.4 is 31.8 Å². The molecule has 1 fully saturated rings. The van der Waals surface area contributed by atoms with Crippen molar-refractivity contribution in [1.29, 1.82) is 0 Å². The first-order valence-corrected chi connectivity index (χ1v) is 21.8. The summed E-state index contributed by atoms with van der Waals surface area (Å²) in [5.74, 6) is -2.78. The summed E-state index contributed by atoms with van der Waals surface area (Å²) >= 11 is 0. The van der Waals surface area contributed by atoms with Crippen molar-refractivity contribution in [3.63, 3.8) is 0 Å². The Morgan fingerprint density at radius 1 is 1.11 bits per heavy atom. The summed E-state index contributed by atoms with van der Waals surface area (Å²) in [6.45, 7) is 5.25. The molecule has 0 saturated heterocycles. The van der Waals surface area contributed by atoms with Gasteiger partial charge in [0.1, 0.15) is 58.1 Å². The molecular formula is C48H56N4O10. The minimum atomic E-state index is -1.32. The number of nitrogens with one attached hydrogen (secondary N) is 3. The number of carbonyl (C=O) groups excluding carboxylic acids is 1. The van der Waals surface area contributed by atoms with Crippen molar-refractivity contribution in [3.8, 4) is 17.2 Å². The summed E-state index contributed by atoms with van der Waals surface area (Å²) in [6.07, 6.45) is 9.90. The number of fused-ring (bicyclic) bond motifs is 9. The number of likely N-dealkylation sites (N-methyl/N-ethyl adjacent to an activating group) is 1. The van der Waals surface area contributed by atoms with E-state index in [-0.39, 0.29) is 69.7 Å². The number of phenols is 2. The second kappa shape index (κ2) is 16.3. The van der Waals surface area contributed by atoms with Crippen LogP contribution in [0.4, 0.5) is 0 Å². The predicted octanol–water partition coefficient (Wildman–Crippen LogP) is 4.14. The molecule has 62 heavy (non-hydrogen) atoms. The molecule has 2 aromatic carbocycles. The lowest BCUT2D eigenvalue weighted by molar-refractivity contribution is -0.169. The minimum Gasteiger partial charge on any atom is -0.508 e. The Labute approximate surface area is 359 Å². The quantitative estimate of drug-likeness (QED) is 0.120. The van der Waals surface area contributed by atoms with Gasteiger partial charge in [0.2, 0.25) is 0 Å². The third kappa shape index (κ3) is 6.70. The Kier molecular flexibility index (Phi) is 11.0. The fourth-order valence-electron chi connectivity index (χ4n) is 11.5. The van der Waals surface area contributed by atoms with Crippen molar-refractivity contribution in [2.45, 2.75) is 95.6 Å². The molecule has 5 heterocycles. The van der Waals surface area contributed by atoms with E-state index in [0.717, 1.165) is 41.3 Å². The summed E-state index contributed by atoms with van der Waals surface area (Å²) < 4.78 is 20.5. The van der Waals surface area contributed by atoms with Crippen LogP contribution in [0.15, 0.2) is 91.6 Å². The average molecular weight is 849 g/mol. The number of aliphatic hydroxyl groups is 3. The smallest absolute Gasteiger partial charge is 0.336 e. The second-order valence-corrected chi connectivity index (χ2v) is 17.6. The van der Waals surface area contributed by atoms with Gasteiger partial charge in [0.05, 0.1) is 25.0 Å². The molecule has 14 nitrogen and oxygen atoms in total. The molecule has 0 spiro atoms. The first kappa shape index (κ1) is 41.8. The highest BCUT2D eigenvalue weighted by Crippen LogP contribution is 2.61. The molecule has 8 unspecified atom stereocenters. The van der Waals surface area contributed by atoms with Gasteiger partial charge in [-0.3, -0.25) is 10.1 Å². The molecule has 3 aromatic rings. The molecule has 0 radical (unpaired) electrons. The fraction of sp³-hybridized carbons (Fsp3) is 0.458. The average Bonchev–Trinajstić information content (AvgIpc) is 3.42. The lowest BCUT2D eigenvalue weighted by Gasteiger charge is -2.52. The van der Waals surface area contributed by atoms with Gasteiger partial charge in [0.25, 0.3) is 0 Å². The van der Waals surface area contributed by atoms with Crippen LogP contribution in [0.3, 0.4) is 0 Å². The van der Waals surface area contributed by atoms with Crippen LogP contribution >= 0.6 is 0 Å². The number of ether oxygens (including phenoxy) is 2. The van der Waals surface area contributed by atoms with Crippen LogP contribution in [0.25, 0.3) is 11.0 Å². The monoisotopic (exact) mass is 848 g/mol. The van der Waals surface area contributed by atoms with Gasteiger partial charge in [-0.15, -0.1) is 0 Å². The standard InChI is InChI=1S/C48H56N4O10/c1-4-23(20-53)47(59)61-37-18-33-43(58)41-36(57)17-28(21-54)60-45(41)42-39-31-12-13-51-46(49)40(31)30(11-7-24-6-9-27(56)16-32(24)34(39)22-55)29-10-8-25-15-38(50-5-2)52-19-26(25)14-35(29)48(37,3)62-44(33)42/h4,6,9,12,15-17,19,29-30,34-35,37-39,50-56,58H,5,7-8,10-11,13-14,18,20-22,49H2,1-3H3. The van der Waals surface area contributed by atoms with Crippen LogP contribution in [0, 0.1) is 17.8 Å². The third-order valence-corrected chi connectivity index (χ3v) is 14.5. The zero-order valence-corrected chi connectivity index (χ0v) is 35.3. The maximum Gasteiger partial charge on any atom is 0.336 e. The molecule has 1 saturated carbocycles. The SMILES string of the molecule is CC=C(CO)C(=O)OC1Cc2c3c(c4oc(CO)cc(=O)c4c2O)C2C4=CCNC(N)=C4C(CCc4ccc(O)cc4C2CO)C2CCC4=CC(NCC)NC=C4CC2C1(C)O3. The zero-order chi connectivity index (χ0) is 43.6. The van der Waals surface area contributed by atoms with E-state index >= 15 is 0 Å². The maximum atomic E-state index is 14.2. The molecule has 14 heteroatoms. The summed E-state index contributed by atoms with van der Waals surface area (Å²) in [6, 6.07) is 6.39. The Bertz CT molecular complexity index is 2550. The van der Waals surface area contributed by atoms with Crippen molar-refractivity contribution in [1.82, 2.24) is 16.0 Å². The highest BCUT2D eigenvalue weighted by atomic mass is 16.6. The maximum absolute atomic E-state index is 14.2. The molecule has 2 aliphatic carbocycles. The van der Waals surface area contributed by atoms with Gasteiger partial charge >= 0.3 is 5.97 Å². The molecule has 0 amide bonds. The van der Waals surface area contributed by atoms with Crippen LogP contribution in [0.1, 0.15) is 86.3 Å². The number of rotatable bonds is 7. The number of benzene rings is 2. The van der Waals surface area contributed by atoms with E-state index < -0.39 is 60.5 Å². The van der Waals surface area contributed by atoms with Gasteiger partial charge in [-0.25, -0.2) is 4.79 Å². The Balaban J connectivity index is 1.42. The van der Waals surface area contributed by atoms with Gasteiger partial charge in [0, 0.05) is 54.1 Å². The van der Waals surface area contributed by atoms with E-state index in [4.69, 9.17) is 19.6 Å². The van der Waals surface area contributed by atoms with Crippen LogP contribution in [-0.2, 0) is 29.0 Å². The van der Waals surface area contributed by atoms with Gasteiger partial charge in [-0.05, 0) is 116 Å². The summed E-state index contributed by atoms with van der Waals surface area (Å²) in [4.78, 5) is 28.2. The van der Waals surface area contributed by atoms with E-state index in [1.165, 1.54) is 11.6 Å². The third-order valence-electron chi connectivity index (χ3n) is 14.5. The normalized spacial score (nSPS) is 29.0. The molecule has 10 N–H and O–H groups in total. The number of aromatic hydroxyl groups is 2. The van der Waals surface area contributed by atoms with E-state index in [1.807, 2.05) is 13.0 Å². The Morgan fingerprint density at radius 3 is 2.68 bits per heavy atom. The van der Waals surface area contributed by atoms with E-state index in [1.54, 1.807) is 19.1 Å². The van der Waals surface area contributed by atoms with E-state index in [0.29, 0.717) is 49.2 Å². The van der Waals surface area contributed by atoms with E-state index in [2.05, 4.69) is 41.2 Å². The second-order valence-electron chi connectivity index (χ2n) is 17.6. The summed E-state index contributed by atoms with van der Waals surface area (Å²) in [5.41, 5.74) is 11.5. The number of aliphatic hydroxyl groups excluding tert-OH is 3. The number of carbonyl (C=O) groups is 1. The Morgan fingerprint density at radius 2 is 1.94 bits per heavy atom. The lowest BCUT2D eigenvalue weighted by atomic mass is 9.61. The molecular weight excluding hydrogens is 793 g/mol. The van der Waals surface area contributed by atoms with Gasteiger partial charge in [-0.2, -0.15) is 0 Å². The summed E-state index contributed by atoms with van der Waals surface area (Å²) in [5, 5.41) is 66.1. The fourth-order valence-corrected chi connectivity index (χ4v) is 11.5. The first-order chi connectivity index (χ1) is 29.9. The number of phenolic OH excluding ortho intramolecular Hbond substituents is 2. The van der Waals surface area contributed by atoms with Crippen molar-refractivity contribution >= 4 is 16.9 Å². The topological polar surface area (TPSA) is 229 Å². The number of hydrogen-bond acceptors (Lipinski definition) is 14. The van der Waals surface area contributed by atoms with Crippen molar-refractivity contribution in [3.05, 3.63) is 121 Å². The van der Waals surface area contributed by atoms with Crippen LogP contribution in [0.2, 0.25) is 0 Å². The number of dihydropyridines is 2. The molecule has 328 valence electrons. The van der Waals surface area contributed by atoms with Crippen molar-refractivity contribution < 1.29 is 44.2 Å². The molecule has 9 rings (SSSR count). The van der Waals surface area contributed by atoms with Gasteiger partial charge < -0.3 is 55.8 Å². The number of nitrogens with two attached hydrogens (primary N) is 1. The van der Waals surface area contributed by atoms with Crippen molar-refractivity contribution in [2.24, 2.45) is 23.5 Å². The van der Waals surface area contributed by atoms with E-state index in [9.17, 15) is 35.1 Å². The first-order valence-electron chi connectivity index (χ1n) is 21.8. The largest absolute Gasteiger partial charge is 0.508 e. The summed E-state index contributed by atoms with van der Waals surface area (Å²) in [7, 11) is 0. The van der Waals surface area contributed by atoms with Gasteiger partial charge in [-0.1, -0.05) is 25.1 Å². The predicted molar refractivity (Wildman–Crippen MR) is 231 cm³/mol. The lowest BCUT2D eigenvalue weighted by Crippen LogP contribution is -2.59. The molecule has 4 bridgehead atoms. The minimum absolute atomic E-state index is 0.0118. The number of esters is 1. The van der Waals surface area contributed by atoms with Gasteiger partial charge in [0.15, 0.2) is 5.43 Å².